The Kier molecular flexibility index (Phi) is 7.81. The van der Waals surface area contributed by atoms with Crippen LogP contribution in [0.25, 0.3) is 0 Å². The van der Waals surface area contributed by atoms with Gasteiger partial charge in [0.1, 0.15) is 5.75 Å². The maximum Gasteiger partial charge on any atom is 0.222 e. The number of piperazine rings is 1. The molecule has 39 heavy (non-hydrogen) atoms. The summed E-state index contributed by atoms with van der Waals surface area (Å²) in [7, 11) is 0. The van der Waals surface area contributed by atoms with Gasteiger partial charge < -0.3 is 14.5 Å². The van der Waals surface area contributed by atoms with E-state index in [1.54, 1.807) is 6.92 Å². The molecule has 8 nitrogen and oxygen atoms in total. The highest BCUT2D eigenvalue weighted by Gasteiger charge is 2.39. The van der Waals surface area contributed by atoms with Gasteiger partial charge in [-0.3, -0.25) is 14.5 Å². The van der Waals surface area contributed by atoms with Crippen molar-refractivity contribution in [2.45, 2.75) is 33.4 Å². The molecular weight excluding hydrogens is 490 g/mol. The Morgan fingerprint density at radius 3 is 2.05 bits per heavy atom. The molecule has 1 atom stereocenters. The summed E-state index contributed by atoms with van der Waals surface area (Å²) in [6.07, 6.45) is 0.191. The lowest BCUT2D eigenvalue weighted by Crippen LogP contribution is -2.48. The number of hydrogen-bond donors (Lipinski definition) is 0. The second-order valence-electron chi connectivity index (χ2n) is 9.64. The first-order valence-corrected chi connectivity index (χ1v) is 13.6. The molecule has 0 aromatic heterocycles. The second kappa shape index (κ2) is 11.6. The lowest BCUT2D eigenvalue weighted by Gasteiger charge is -2.36. The van der Waals surface area contributed by atoms with Crippen molar-refractivity contribution in [2.24, 2.45) is 5.10 Å². The van der Waals surface area contributed by atoms with Crippen molar-refractivity contribution in [2.75, 3.05) is 47.6 Å². The van der Waals surface area contributed by atoms with Gasteiger partial charge in [-0.25, -0.2) is 5.01 Å². The maximum atomic E-state index is 12.9. The average Bonchev–Trinajstić information content (AvgIpc) is 3.39. The molecule has 0 N–H and O–H groups in total. The number of nitrogens with zero attached hydrogens (tertiary/aromatic N) is 5. The lowest BCUT2D eigenvalue weighted by molar-refractivity contribution is -0.131. The molecule has 1 amide bonds. The molecule has 5 rings (SSSR count). The number of carbonyl (C=O) groups excluding carboxylic acids is 2. The van der Waals surface area contributed by atoms with Gasteiger partial charge in [-0.2, -0.15) is 0 Å². The topological polar surface area (TPSA) is 68.7 Å². The highest BCUT2D eigenvalue weighted by Crippen LogP contribution is 2.40. The minimum Gasteiger partial charge on any atom is -0.494 e. The number of amides is 1. The molecule has 2 aliphatic rings. The second-order valence-corrected chi connectivity index (χ2v) is 9.64. The molecule has 0 spiro atoms. The van der Waals surface area contributed by atoms with E-state index < -0.39 is 0 Å². The fraction of sp³-hybridized carbons (Fsp3) is 0.323. The molecule has 1 saturated heterocycles. The summed E-state index contributed by atoms with van der Waals surface area (Å²) in [5.41, 5.74) is 3.86. The molecule has 2 aliphatic heterocycles. The Morgan fingerprint density at radius 2 is 1.46 bits per heavy atom. The van der Waals surface area contributed by atoms with Crippen LogP contribution in [0, 0.1) is 0 Å². The largest absolute Gasteiger partial charge is 0.494 e. The van der Waals surface area contributed by atoms with Crippen LogP contribution >= 0.6 is 0 Å². The number of para-hydroxylation sites is 1. The number of ether oxygens (including phenoxy) is 1. The van der Waals surface area contributed by atoms with Gasteiger partial charge >= 0.3 is 0 Å². The fourth-order valence-electron chi connectivity index (χ4n) is 5.17. The van der Waals surface area contributed by atoms with Gasteiger partial charge in [-0.15, -0.1) is 5.10 Å². The first-order valence-electron chi connectivity index (χ1n) is 13.6. The molecule has 1 fully saturated rings. The summed E-state index contributed by atoms with van der Waals surface area (Å²) in [5.74, 6) is 1.29. The summed E-state index contributed by atoms with van der Waals surface area (Å²) in [6, 6.07) is 26.2. The van der Waals surface area contributed by atoms with Gasteiger partial charge in [0.15, 0.2) is 17.8 Å². The Morgan fingerprint density at radius 1 is 0.821 bits per heavy atom. The summed E-state index contributed by atoms with van der Waals surface area (Å²) in [4.78, 5) is 31.2. The van der Waals surface area contributed by atoms with Gasteiger partial charge in [0, 0.05) is 50.9 Å². The standard InChI is InChI=1S/C31H35N5O3/c1-4-29(38)34-21-19-33(20-22-34)25-13-15-26(16-14-25)35-30(23(3)37)32-36(27-9-7-6-8-10-27)31(35)24-11-17-28(18-12-24)39-5-2/h6-18,31H,4-5,19-22H2,1-3H3. The predicted molar refractivity (Wildman–Crippen MR) is 155 cm³/mol. The Bertz CT molecular complexity index is 1320. The monoisotopic (exact) mass is 525 g/mol. The van der Waals surface area contributed by atoms with Crippen molar-refractivity contribution in [1.29, 1.82) is 0 Å². The van der Waals surface area contributed by atoms with E-state index in [1.165, 1.54) is 0 Å². The van der Waals surface area contributed by atoms with Crippen LogP contribution in [0.1, 0.15) is 38.9 Å². The van der Waals surface area contributed by atoms with Crippen molar-refractivity contribution >= 4 is 34.6 Å². The molecule has 0 saturated carbocycles. The third kappa shape index (κ3) is 5.46. The summed E-state index contributed by atoms with van der Waals surface area (Å²) in [6.45, 7) is 9.08. The molecule has 2 heterocycles. The summed E-state index contributed by atoms with van der Waals surface area (Å²) < 4.78 is 5.67. The molecule has 3 aromatic rings. The summed E-state index contributed by atoms with van der Waals surface area (Å²) in [5, 5.41) is 6.73. The molecule has 0 bridgehead atoms. The zero-order chi connectivity index (χ0) is 27.4. The SMILES string of the molecule is CCOc1ccc(C2N(c3ccccc3)N=C(C(C)=O)N2c2ccc(N3CCN(C(=O)CC)CC3)cc2)cc1. The van der Waals surface area contributed by atoms with Crippen molar-refractivity contribution in [1.82, 2.24) is 4.90 Å². The number of Topliss-reactive ketones (excluding diaryl/α,β-unsaturated/α-hetero) is 1. The number of hydrogen-bond acceptors (Lipinski definition) is 7. The first-order chi connectivity index (χ1) is 19.0. The number of amidine groups is 1. The minimum absolute atomic E-state index is 0.106. The highest BCUT2D eigenvalue weighted by atomic mass is 16.5. The van der Waals surface area contributed by atoms with Crippen LogP contribution in [0.5, 0.6) is 5.75 Å². The Hall–Kier alpha value is -4.33. The van der Waals surface area contributed by atoms with Crippen LogP contribution in [0.2, 0.25) is 0 Å². The Balaban J connectivity index is 1.47. The van der Waals surface area contributed by atoms with Crippen molar-refractivity contribution in [3.05, 3.63) is 84.4 Å². The van der Waals surface area contributed by atoms with Crippen molar-refractivity contribution in [3.8, 4) is 5.75 Å². The van der Waals surface area contributed by atoms with E-state index in [9.17, 15) is 9.59 Å². The van der Waals surface area contributed by atoms with Crippen LogP contribution in [-0.4, -0.2) is 55.2 Å². The molecule has 3 aromatic carbocycles. The van der Waals surface area contributed by atoms with E-state index in [0.717, 1.165) is 54.6 Å². The van der Waals surface area contributed by atoms with E-state index in [-0.39, 0.29) is 17.9 Å². The predicted octanol–water partition coefficient (Wildman–Crippen LogP) is 5.07. The third-order valence-corrected chi connectivity index (χ3v) is 7.16. The number of anilines is 3. The van der Waals surface area contributed by atoms with Gasteiger partial charge in [0.05, 0.1) is 12.3 Å². The zero-order valence-corrected chi connectivity index (χ0v) is 22.8. The van der Waals surface area contributed by atoms with E-state index in [1.807, 2.05) is 95.4 Å². The number of benzene rings is 3. The smallest absolute Gasteiger partial charge is 0.222 e. The van der Waals surface area contributed by atoms with E-state index in [2.05, 4.69) is 17.0 Å². The third-order valence-electron chi connectivity index (χ3n) is 7.16. The zero-order valence-electron chi connectivity index (χ0n) is 22.8. The number of hydrazone groups is 1. The molecular formula is C31H35N5O3. The number of ketones is 1. The van der Waals surface area contributed by atoms with Crippen molar-refractivity contribution < 1.29 is 14.3 Å². The lowest BCUT2D eigenvalue weighted by atomic mass is 10.1. The molecule has 8 heteroatoms. The highest BCUT2D eigenvalue weighted by molar-refractivity contribution is 6.44. The van der Waals surface area contributed by atoms with Gasteiger partial charge in [0.2, 0.25) is 5.91 Å². The van der Waals surface area contributed by atoms with Crippen LogP contribution in [-0.2, 0) is 9.59 Å². The van der Waals surface area contributed by atoms with E-state index >= 15 is 0 Å². The fourth-order valence-corrected chi connectivity index (χ4v) is 5.17. The maximum absolute atomic E-state index is 12.9. The van der Waals surface area contributed by atoms with E-state index in [4.69, 9.17) is 9.84 Å². The van der Waals surface area contributed by atoms with Crippen LogP contribution in [0.4, 0.5) is 17.1 Å². The van der Waals surface area contributed by atoms with Gasteiger partial charge in [-0.1, -0.05) is 37.3 Å². The average molecular weight is 526 g/mol. The quantitative estimate of drug-likeness (QED) is 0.409. The minimum atomic E-state index is -0.351. The van der Waals surface area contributed by atoms with Gasteiger partial charge in [-0.05, 0) is 61.0 Å². The molecule has 0 aliphatic carbocycles. The molecule has 202 valence electrons. The summed E-state index contributed by atoms with van der Waals surface area (Å²) >= 11 is 0. The van der Waals surface area contributed by atoms with E-state index in [0.29, 0.717) is 18.9 Å². The number of carbonyl (C=O) groups is 2. The molecule has 1 unspecified atom stereocenters. The normalized spacial score (nSPS) is 17.3. The van der Waals surface area contributed by atoms with Crippen LogP contribution in [0.3, 0.4) is 0 Å². The van der Waals surface area contributed by atoms with Crippen LogP contribution < -0.4 is 19.5 Å². The van der Waals surface area contributed by atoms with Crippen molar-refractivity contribution in [3.63, 3.8) is 0 Å². The number of rotatable bonds is 8. The van der Waals surface area contributed by atoms with Gasteiger partial charge in [0.25, 0.3) is 0 Å². The molecule has 0 radical (unpaired) electrons. The van der Waals surface area contributed by atoms with Crippen LogP contribution in [0.15, 0.2) is 84.0 Å². The Labute approximate surface area is 230 Å². The first kappa shape index (κ1) is 26.3.